The van der Waals surface area contributed by atoms with Crippen molar-refractivity contribution in [1.29, 1.82) is 0 Å². The molecular weight excluding hydrogens is 211 g/mol. The maximum absolute atomic E-state index is 11.9. The van der Waals surface area contributed by atoms with E-state index in [2.05, 4.69) is 4.74 Å². The minimum absolute atomic E-state index is 0. The Morgan fingerprint density at radius 3 is 2.38 bits per heavy atom. The largest absolute Gasteiger partial charge is 1.00 e. The standard InChI is InChI=1S/C6H9BF3O2.K/c1-2-12-6(11)4-3-5(4)7(8,9)10;/h4-5H,2-3H2,1H3;/q-1;+1/t4-,5?;/m0./s1. The molecule has 0 heterocycles. The van der Waals surface area contributed by atoms with Gasteiger partial charge in [-0.25, -0.2) is 0 Å². The summed E-state index contributed by atoms with van der Waals surface area (Å²) in [4.78, 5) is 10.8. The fourth-order valence-electron chi connectivity index (χ4n) is 1.15. The van der Waals surface area contributed by atoms with Gasteiger partial charge in [-0.1, -0.05) is 12.2 Å². The number of halogens is 3. The Bertz CT molecular complexity index is 197. The van der Waals surface area contributed by atoms with Crippen molar-refractivity contribution in [3.63, 3.8) is 0 Å². The molecule has 0 N–H and O–H groups in total. The maximum atomic E-state index is 11.9. The molecule has 2 nitrogen and oxygen atoms in total. The first-order chi connectivity index (χ1) is 5.46. The Morgan fingerprint density at radius 2 is 2.08 bits per heavy atom. The molecule has 0 aromatic heterocycles. The van der Waals surface area contributed by atoms with Crippen LogP contribution >= 0.6 is 0 Å². The van der Waals surface area contributed by atoms with Crippen LogP contribution < -0.4 is 51.4 Å². The molecule has 0 spiro atoms. The van der Waals surface area contributed by atoms with E-state index >= 15 is 0 Å². The van der Waals surface area contributed by atoms with Crippen LogP contribution in [-0.2, 0) is 9.53 Å². The maximum Gasteiger partial charge on any atom is 1.00 e. The quantitative estimate of drug-likeness (QED) is 0.440. The van der Waals surface area contributed by atoms with Crippen LogP contribution in [0.15, 0.2) is 0 Å². The molecule has 1 fully saturated rings. The van der Waals surface area contributed by atoms with Gasteiger partial charge in [-0.2, -0.15) is 0 Å². The predicted molar refractivity (Wildman–Crippen MR) is 37.6 cm³/mol. The van der Waals surface area contributed by atoms with Crippen LogP contribution in [-0.4, -0.2) is 19.6 Å². The van der Waals surface area contributed by atoms with E-state index in [0.717, 1.165) is 0 Å². The van der Waals surface area contributed by atoms with E-state index in [9.17, 15) is 17.7 Å². The number of carbonyl (C=O) groups is 1. The first-order valence-corrected chi connectivity index (χ1v) is 3.83. The number of ether oxygens (including phenoxy) is 1. The fraction of sp³-hybridized carbons (Fsp3) is 0.833. The first kappa shape index (κ1) is 14.0. The Labute approximate surface area is 117 Å². The average Bonchev–Trinajstić information content (AvgIpc) is 2.62. The molecule has 7 heteroatoms. The monoisotopic (exact) mass is 220 g/mol. The van der Waals surface area contributed by atoms with Crippen molar-refractivity contribution in [2.45, 2.75) is 19.2 Å². The summed E-state index contributed by atoms with van der Waals surface area (Å²) in [6, 6.07) is 0. The molecule has 1 aliphatic rings. The van der Waals surface area contributed by atoms with Gasteiger partial charge in [-0.15, -0.1) is 0 Å². The summed E-state index contributed by atoms with van der Waals surface area (Å²) in [5, 5.41) is 0. The van der Waals surface area contributed by atoms with Gasteiger partial charge < -0.3 is 17.7 Å². The van der Waals surface area contributed by atoms with Crippen molar-refractivity contribution in [2.24, 2.45) is 5.92 Å². The molecule has 13 heavy (non-hydrogen) atoms. The van der Waals surface area contributed by atoms with E-state index in [4.69, 9.17) is 0 Å². The molecular formula is C6H9BF3KO2. The molecule has 1 rings (SSSR count). The van der Waals surface area contributed by atoms with Gasteiger partial charge in [0.15, 0.2) is 0 Å². The second kappa shape index (κ2) is 5.16. The Morgan fingerprint density at radius 1 is 1.54 bits per heavy atom. The van der Waals surface area contributed by atoms with Crippen molar-refractivity contribution in [3.05, 3.63) is 0 Å². The number of esters is 1. The average molecular weight is 220 g/mol. The fourth-order valence-corrected chi connectivity index (χ4v) is 1.15. The molecule has 0 amide bonds. The molecule has 0 bridgehead atoms. The molecule has 1 saturated carbocycles. The van der Waals surface area contributed by atoms with E-state index in [1.54, 1.807) is 6.92 Å². The van der Waals surface area contributed by atoms with Crippen LogP contribution in [0.1, 0.15) is 13.3 Å². The van der Waals surface area contributed by atoms with E-state index in [-0.39, 0.29) is 64.4 Å². The molecule has 2 atom stereocenters. The Balaban J connectivity index is 0.00000144. The minimum atomic E-state index is -4.84. The summed E-state index contributed by atoms with van der Waals surface area (Å²) < 4.78 is 40.3. The van der Waals surface area contributed by atoms with Gasteiger partial charge in [0.05, 0.1) is 6.61 Å². The SMILES string of the molecule is CCOC(=O)[C@H]1CC1[B-](F)(F)F.[K+]. The van der Waals surface area contributed by atoms with Crippen LogP contribution in [0.3, 0.4) is 0 Å². The molecule has 1 aliphatic carbocycles. The van der Waals surface area contributed by atoms with Crippen LogP contribution in [0, 0.1) is 5.92 Å². The van der Waals surface area contributed by atoms with Gasteiger partial charge in [0.25, 0.3) is 0 Å². The third kappa shape index (κ3) is 3.91. The van der Waals surface area contributed by atoms with Crippen molar-refractivity contribution < 1.29 is 73.9 Å². The summed E-state index contributed by atoms with van der Waals surface area (Å²) in [5.41, 5.74) is 0. The summed E-state index contributed by atoms with van der Waals surface area (Å²) in [7, 11) is 0. The molecule has 0 radical (unpaired) electrons. The van der Waals surface area contributed by atoms with Gasteiger partial charge in [-0.05, 0) is 6.92 Å². The van der Waals surface area contributed by atoms with Crippen LogP contribution in [0.2, 0.25) is 5.82 Å². The summed E-state index contributed by atoms with van der Waals surface area (Å²) in [6.07, 6.45) is -0.0810. The van der Waals surface area contributed by atoms with Gasteiger partial charge in [0, 0.05) is 5.92 Å². The minimum Gasteiger partial charge on any atom is -0.466 e. The van der Waals surface area contributed by atoms with Crippen LogP contribution in [0.25, 0.3) is 0 Å². The van der Waals surface area contributed by atoms with Crippen molar-refractivity contribution in [1.82, 2.24) is 0 Å². The van der Waals surface area contributed by atoms with E-state index in [1.807, 2.05) is 0 Å². The van der Waals surface area contributed by atoms with Gasteiger partial charge in [0.1, 0.15) is 0 Å². The predicted octanol–water partition coefficient (Wildman–Crippen LogP) is -1.21. The van der Waals surface area contributed by atoms with Crippen molar-refractivity contribution >= 4 is 12.9 Å². The zero-order valence-electron chi connectivity index (χ0n) is 7.60. The van der Waals surface area contributed by atoms with E-state index in [1.165, 1.54) is 0 Å². The van der Waals surface area contributed by atoms with Crippen molar-refractivity contribution in [3.8, 4) is 0 Å². The van der Waals surface area contributed by atoms with Gasteiger partial charge in [0.2, 0.25) is 0 Å². The van der Waals surface area contributed by atoms with Gasteiger partial charge in [-0.3, -0.25) is 4.79 Å². The topological polar surface area (TPSA) is 26.3 Å². The zero-order valence-corrected chi connectivity index (χ0v) is 10.7. The molecule has 0 aromatic carbocycles. The number of hydrogen-bond donors (Lipinski definition) is 0. The van der Waals surface area contributed by atoms with E-state index in [0.29, 0.717) is 0 Å². The smallest absolute Gasteiger partial charge is 0.466 e. The normalized spacial score (nSPS) is 26.2. The summed E-state index contributed by atoms with van der Waals surface area (Å²) in [6.45, 7) is -3.12. The number of rotatable bonds is 3. The second-order valence-electron chi connectivity index (χ2n) is 2.88. The molecule has 1 unspecified atom stereocenters. The second-order valence-corrected chi connectivity index (χ2v) is 2.88. The van der Waals surface area contributed by atoms with Gasteiger partial charge >= 0.3 is 64.3 Å². The number of hydrogen-bond acceptors (Lipinski definition) is 2. The zero-order chi connectivity index (χ0) is 9.35. The molecule has 0 aromatic rings. The number of carbonyl (C=O) groups excluding carboxylic acids is 1. The van der Waals surface area contributed by atoms with Crippen LogP contribution in [0.4, 0.5) is 12.9 Å². The summed E-state index contributed by atoms with van der Waals surface area (Å²) >= 11 is 0. The molecule has 0 saturated heterocycles. The Kier molecular flexibility index (Phi) is 5.54. The summed E-state index contributed by atoms with van der Waals surface area (Å²) in [5.74, 6) is -3.02. The van der Waals surface area contributed by atoms with Crippen molar-refractivity contribution in [2.75, 3.05) is 6.61 Å². The molecule has 70 valence electrons. The third-order valence-electron chi connectivity index (χ3n) is 1.91. The first-order valence-electron chi connectivity index (χ1n) is 3.83. The molecule has 0 aliphatic heterocycles. The van der Waals surface area contributed by atoms with Crippen LogP contribution in [0.5, 0.6) is 0 Å². The Hall–Kier alpha value is 0.961. The van der Waals surface area contributed by atoms with E-state index < -0.39 is 24.7 Å². The third-order valence-corrected chi connectivity index (χ3v) is 1.91.